The summed E-state index contributed by atoms with van der Waals surface area (Å²) in [6.45, 7) is 2.14. The lowest BCUT2D eigenvalue weighted by atomic mass is 9.92. The van der Waals surface area contributed by atoms with Gasteiger partial charge in [-0.3, -0.25) is 4.79 Å². The molecule has 2 aliphatic carbocycles. The number of piperidine rings is 1. The van der Waals surface area contributed by atoms with Crippen LogP contribution in [0.5, 0.6) is 0 Å². The number of fused-ring (bicyclic) bond motifs is 1. The highest BCUT2D eigenvalue weighted by molar-refractivity contribution is 5.76. The maximum absolute atomic E-state index is 12.4. The second-order valence-corrected chi connectivity index (χ2v) is 7.99. The molecule has 0 aromatic carbocycles. The van der Waals surface area contributed by atoms with Crippen LogP contribution >= 0.6 is 0 Å². The molecule has 25 heavy (non-hydrogen) atoms. The molecule has 1 saturated carbocycles. The van der Waals surface area contributed by atoms with Crippen molar-refractivity contribution in [3.8, 4) is 0 Å². The van der Waals surface area contributed by atoms with Gasteiger partial charge in [-0.15, -0.1) is 0 Å². The van der Waals surface area contributed by atoms with Crippen molar-refractivity contribution < 1.29 is 4.79 Å². The fraction of sp³-hybridized carbons (Fsp3) is 0.750. The molecule has 2 heterocycles. The quantitative estimate of drug-likeness (QED) is 0.909. The lowest BCUT2D eigenvalue weighted by Crippen LogP contribution is -2.34. The molecule has 0 bridgehead atoms. The molecule has 136 valence electrons. The molecule has 1 N–H and O–H groups in total. The van der Waals surface area contributed by atoms with Gasteiger partial charge in [0.2, 0.25) is 11.9 Å². The van der Waals surface area contributed by atoms with Gasteiger partial charge >= 0.3 is 0 Å². The first-order chi connectivity index (χ1) is 12.3. The fourth-order valence-corrected chi connectivity index (χ4v) is 4.66. The van der Waals surface area contributed by atoms with Crippen molar-refractivity contribution in [2.24, 2.45) is 5.92 Å². The summed E-state index contributed by atoms with van der Waals surface area (Å²) in [4.78, 5) is 24.2. The summed E-state index contributed by atoms with van der Waals surface area (Å²) < 4.78 is 0. The van der Waals surface area contributed by atoms with Gasteiger partial charge in [0.25, 0.3) is 0 Å². The number of nitrogens with one attached hydrogen (secondary N) is 1. The first-order valence-corrected chi connectivity index (χ1v) is 10.2. The van der Waals surface area contributed by atoms with Crippen LogP contribution < -0.4 is 10.2 Å². The van der Waals surface area contributed by atoms with E-state index in [1.807, 2.05) is 6.20 Å². The third-order valence-electron chi connectivity index (χ3n) is 6.09. The van der Waals surface area contributed by atoms with Crippen LogP contribution in [0.4, 0.5) is 5.95 Å². The van der Waals surface area contributed by atoms with E-state index in [1.54, 1.807) is 0 Å². The Morgan fingerprint density at radius 2 is 1.88 bits per heavy atom. The van der Waals surface area contributed by atoms with Crippen LogP contribution in [-0.4, -0.2) is 29.0 Å². The van der Waals surface area contributed by atoms with Crippen LogP contribution in [0.25, 0.3) is 0 Å². The summed E-state index contributed by atoms with van der Waals surface area (Å²) in [5.74, 6) is 1.70. The Morgan fingerprint density at radius 1 is 1.08 bits per heavy atom. The van der Waals surface area contributed by atoms with Crippen LogP contribution in [0.3, 0.4) is 0 Å². The minimum absolute atomic E-state index is 0.105. The SMILES string of the molecule is O=C(CC1CCCC1)N[C@H]1CCCc2nc(N3CCCCC3)ncc21. The molecule has 1 aliphatic heterocycles. The number of hydrogen-bond donors (Lipinski definition) is 1. The number of carbonyl (C=O) groups is 1. The van der Waals surface area contributed by atoms with Crippen molar-refractivity contribution >= 4 is 11.9 Å². The second kappa shape index (κ2) is 7.71. The molecule has 5 nitrogen and oxygen atoms in total. The highest BCUT2D eigenvalue weighted by Gasteiger charge is 2.26. The van der Waals surface area contributed by atoms with Gasteiger partial charge in [0.05, 0.1) is 11.7 Å². The lowest BCUT2D eigenvalue weighted by molar-refractivity contribution is -0.122. The third-order valence-corrected chi connectivity index (χ3v) is 6.09. The van der Waals surface area contributed by atoms with Crippen molar-refractivity contribution in [2.45, 2.75) is 76.7 Å². The number of aromatic nitrogens is 2. The highest BCUT2D eigenvalue weighted by Crippen LogP contribution is 2.31. The molecule has 0 unspecified atom stereocenters. The molecule has 1 aromatic heterocycles. The zero-order valence-electron chi connectivity index (χ0n) is 15.2. The van der Waals surface area contributed by atoms with Crippen molar-refractivity contribution in [3.63, 3.8) is 0 Å². The van der Waals surface area contributed by atoms with Gasteiger partial charge in [0.15, 0.2) is 0 Å². The number of rotatable bonds is 4. The highest BCUT2D eigenvalue weighted by atomic mass is 16.1. The van der Waals surface area contributed by atoms with Crippen LogP contribution in [0.2, 0.25) is 0 Å². The van der Waals surface area contributed by atoms with Gasteiger partial charge in [0.1, 0.15) is 0 Å². The van der Waals surface area contributed by atoms with Gasteiger partial charge in [-0.2, -0.15) is 0 Å². The molecule has 4 rings (SSSR count). The molecule has 0 radical (unpaired) electrons. The summed E-state index contributed by atoms with van der Waals surface area (Å²) in [5.41, 5.74) is 2.29. The third kappa shape index (κ3) is 3.96. The number of hydrogen-bond acceptors (Lipinski definition) is 4. The number of anilines is 1. The largest absolute Gasteiger partial charge is 0.349 e. The number of aryl methyl sites for hydroxylation is 1. The van der Waals surface area contributed by atoms with E-state index in [9.17, 15) is 4.79 Å². The van der Waals surface area contributed by atoms with E-state index in [0.717, 1.165) is 49.6 Å². The topological polar surface area (TPSA) is 58.1 Å². The molecule has 0 spiro atoms. The molecule has 1 amide bonds. The van der Waals surface area contributed by atoms with Crippen LogP contribution in [0, 0.1) is 5.92 Å². The van der Waals surface area contributed by atoms with Crippen molar-refractivity contribution in [1.29, 1.82) is 0 Å². The average molecular weight is 342 g/mol. The van der Waals surface area contributed by atoms with Crippen molar-refractivity contribution in [3.05, 3.63) is 17.5 Å². The predicted molar refractivity (Wildman–Crippen MR) is 98.5 cm³/mol. The Balaban J connectivity index is 1.43. The minimum atomic E-state index is 0.105. The second-order valence-electron chi connectivity index (χ2n) is 7.99. The van der Waals surface area contributed by atoms with E-state index in [2.05, 4.69) is 15.2 Å². The van der Waals surface area contributed by atoms with Gasteiger partial charge < -0.3 is 10.2 Å². The Bertz CT molecular complexity index is 606. The molecule has 2 fully saturated rings. The smallest absolute Gasteiger partial charge is 0.225 e. The van der Waals surface area contributed by atoms with Gasteiger partial charge in [-0.1, -0.05) is 12.8 Å². The monoisotopic (exact) mass is 342 g/mol. The lowest BCUT2D eigenvalue weighted by Gasteiger charge is -2.30. The molecular formula is C20H30N4O. The molecule has 5 heteroatoms. The van der Waals surface area contributed by atoms with E-state index in [1.165, 1.54) is 44.9 Å². The Labute approximate surface area is 150 Å². The first-order valence-electron chi connectivity index (χ1n) is 10.2. The van der Waals surface area contributed by atoms with Crippen molar-refractivity contribution in [1.82, 2.24) is 15.3 Å². The zero-order valence-corrected chi connectivity index (χ0v) is 15.2. The molecule has 1 atom stereocenters. The van der Waals surface area contributed by atoms with E-state index >= 15 is 0 Å². The van der Waals surface area contributed by atoms with Crippen LogP contribution in [-0.2, 0) is 11.2 Å². The summed E-state index contributed by atoms with van der Waals surface area (Å²) in [6, 6.07) is 0.105. The Hall–Kier alpha value is -1.65. The zero-order chi connectivity index (χ0) is 17.1. The van der Waals surface area contributed by atoms with Gasteiger partial charge in [-0.05, 0) is 57.3 Å². The number of amides is 1. The standard InChI is InChI=1S/C20H30N4O/c25-19(13-15-7-2-3-8-15)22-17-9-6-10-18-16(17)14-21-20(23-18)24-11-4-1-5-12-24/h14-15,17H,1-13H2,(H,22,25)/t17-/m0/s1. The normalized spacial score (nSPS) is 24.2. The molecule has 1 aromatic rings. The Kier molecular flexibility index (Phi) is 5.18. The van der Waals surface area contributed by atoms with E-state index in [0.29, 0.717) is 12.3 Å². The first kappa shape index (κ1) is 16.8. The fourth-order valence-electron chi connectivity index (χ4n) is 4.66. The van der Waals surface area contributed by atoms with E-state index < -0.39 is 0 Å². The summed E-state index contributed by atoms with van der Waals surface area (Å²) in [6.07, 6.45) is 14.6. The van der Waals surface area contributed by atoms with E-state index in [-0.39, 0.29) is 11.9 Å². The molecular weight excluding hydrogens is 312 g/mol. The summed E-state index contributed by atoms with van der Waals surface area (Å²) in [5, 5.41) is 3.27. The Morgan fingerprint density at radius 3 is 2.68 bits per heavy atom. The van der Waals surface area contributed by atoms with Crippen molar-refractivity contribution in [2.75, 3.05) is 18.0 Å². The van der Waals surface area contributed by atoms with E-state index in [4.69, 9.17) is 4.98 Å². The summed E-state index contributed by atoms with van der Waals surface area (Å²) in [7, 11) is 0. The molecule has 3 aliphatic rings. The maximum atomic E-state index is 12.4. The summed E-state index contributed by atoms with van der Waals surface area (Å²) >= 11 is 0. The van der Waals surface area contributed by atoms with Gasteiger partial charge in [0, 0.05) is 31.3 Å². The maximum Gasteiger partial charge on any atom is 0.225 e. The molecule has 1 saturated heterocycles. The predicted octanol–water partition coefficient (Wildman–Crippen LogP) is 3.54. The number of carbonyl (C=O) groups excluding carboxylic acids is 1. The minimum Gasteiger partial charge on any atom is -0.349 e. The number of nitrogens with zero attached hydrogens (tertiary/aromatic N) is 3. The van der Waals surface area contributed by atoms with Gasteiger partial charge in [-0.25, -0.2) is 9.97 Å². The van der Waals surface area contributed by atoms with Crippen LogP contribution in [0.1, 0.15) is 81.5 Å². The van der Waals surface area contributed by atoms with Crippen LogP contribution in [0.15, 0.2) is 6.20 Å². The average Bonchev–Trinajstić information content (AvgIpc) is 3.15.